The Hall–Kier alpha value is -0.950. The van der Waals surface area contributed by atoms with Crippen molar-refractivity contribution in [3.63, 3.8) is 0 Å². The molecule has 4 aliphatic carbocycles. The van der Waals surface area contributed by atoms with Crippen molar-refractivity contribution in [3.05, 3.63) is 58.2 Å². The Kier molecular flexibility index (Phi) is 9.47. The smallest absolute Gasteiger partial charge is 0.00380 e. The van der Waals surface area contributed by atoms with Crippen molar-refractivity contribution in [2.75, 3.05) is 5.75 Å². The summed E-state index contributed by atoms with van der Waals surface area (Å²) in [6.45, 7) is 23.8. The number of thiol groups is 1. The summed E-state index contributed by atoms with van der Waals surface area (Å²) < 4.78 is 0. The second kappa shape index (κ2) is 12.1. The van der Waals surface area contributed by atoms with Gasteiger partial charge in [-0.15, -0.1) is 0 Å². The molecule has 0 heterocycles. The quantitative estimate of drug-likeness (QED) is 0.192. The van der Waals surface area contributed by atoms with E-state index in [1.807, 2.05) is 16.7 Å². The van der Waals surface area contributed by atoms with Gasteiger partial charge in [-0.3, -0.25) is 0 Å². The van der Waals surface area contributed by atoms with Crippen molar-refractivity contribution < 1.29 is 0 Å². The van der Waals surface area contributed by atoms with Gasteiger partial charge in [0.15, 0.2) is 0 Å². The highest BCUT2D eigenvalue weighted by Crippen LogP contribution is 2.69. The van der Waals surface area contributed by atoms with Gasteiger partial charge in [0.05, 0.1) is 0 Å². The van der Waals surface area contributed by atoms with Gasteiger partial charge in [0.2, 0.25) is 0 Å². The molecule has 10 atom stereocenters. The van der Waals surface area contributed by atoms with Gasteiger partial charge in [-0.25, -0.2) is 0 Å². The maximum absolute atomic E-state index is 4.73. The highest BCUT2D eigenvalue weighted by molar-refractivity contribution is 7.80. The molecule has 37 heavy (non-hydrogen) atoms. The molecule has 0 N–H and O–H groups in total. The van der Waals surface area contributed by atoms with E-state index < -0.39 is 0 Å². The number of hydrogen-bond donors (Lipinski definition) is 1. The van der Waals surface area contributed by atoms with Crippen LogP contribution in [0.1, 0.15) is 100 Å². The minimum absolute atomic E-state index is 0.507. The summed E-state index contributed by atoms with van der Waals surface area (Å²) in [6.07, 6.45) is 16.4. The highest BCUT2D eigenvalue weighted by Gasteiger charge is 2.62. The van der Waals surface area contributed by atoms with Gasteiger partial charge in [0, 0.05) is 5.92 Å². The van der Waals surface area contributed by atoms with Crippen molar-refractivity contribution in [2.24, 2.45) is 59.2 Å². The average Bonchev–Trinajstić information content (AvgIpc) is 3.47. The molecule has 0 saturated heterocycles. The normalized spacial score (nSPS) is 34.4. The summed E-state index contributed by atoms with van der Waals surface area (Å²) in [5.41, 5.74) is 10.5. The Labute approximate surface area is 235 Å². The first-order valence-corrected chi connectivity index (χ1v) is 16.4. The summed E-state index contributed by atoms with van der Waals surface area (Å²) in [5, 5.41) is 0. The largest absolute Gasteiger partial charge is 0.179 e. The standard InChI is InChI=1S/C36H56S/c1-10-13-22(6)19-26-15-16-28(27(26)12-3)24(8)33-29(14-11-2)25(9)34-31-18-17-30(35(31)36(33)34)32(21(4)5)23(7)20-37/h10,13,17,22-25,28,31-32,34-37H,4,11-12,14-16,18-20H2,1-3,5-9H3/b13-10+/t22-,23?,24?,25-,28?,31?,32?,34?,35?,36?/m0/s1. The molecule has 0 nitrogen and oxygen atoms in total. The second-order valence-electron chi connectivity index (χ2n) is 13.4. The fraction of sp³-hybridized carbons (Fsp3) is 0.722. The van der Waals surface area contributed by atoms with Gasteiger partial charge in [-0.1, -0.05) is 106 Å². The van der Waals surface area contributed by atoms with Crippen LogP contribution >= 0.6 is 12.6 Å². The lowest BCUT2D eigenvalue weighted by atomic mass is 9.51. The lowest BCUT2D eigenvalue weighted by molar-refractivity contribution is 0.0188. The molecule has 8 unspecified atom stereocenters. The van der Waals surface area contributed by atoms with Crippen molar-refractivity contribution in [1.29, 1.82) is 0 Å². The minimum atomic E-state index is 0.507. The molecule has 0 amide bonds. The van der Waals surface area contributed by atoms with Crippen molar-refractivity contribution in [2.45, 2.75) is 100 Å². The van der Waals surface area contributed by atoms with Gasteiger partial charge < -0.3 is 0 Å². The molecule has 4 rings (SSSR count). The summed E-state index contributed by atoms with van der Waals surface area (Å²) >= 11 is 4.73. The first-order chi connectivity index (χ1) is 17.7. The average molecular weight is 521 g/mol. The summed E-state index contributed by atoms with van der Waals surface area (Å²) in [4.78, 5) is 0. The Morgan fingerprint density at radius 2 is 1.89 bits per heavy atom. The van der Waals surface area contributed by atoms with E-state index in [0.29, 0.717) is 23.7 Å². The lowest BCUT2D eigenvalue weighted by Crippen LogP contribution is -2.48. The van der Waals surface area contributed by atoms with Crippen LogP contribution in [0, 0.1) is 59.2 Å². The van der Waals surface area contributed by atoms with E-state index in [1.54, 1.807) is 11.1 Å². The molecular weight excluding hydrogens is 464 g/mol. The molecule has 0 aromatic carbocycles. The van der Waals surface area contributed by atoms with Gasteiger partial charge in [-0.2, -0.15) is 12.6 Å². The van der Waals surface area contributed by atoms with Crippen LogP contribution in [-0.2, 0) is 0 Å². The fourth-order valence-electron chi connectivity index (χ4n) is 9.83. The maximum atomic E-state index is 4.73. The third-order valence-corrected chi connectivity index (χ3v) is 11.7. The van der Waals surface area contributed by atoms with Crippen molar-refractivity contribution in [3.8, 4) is 0 Å². The molecule has 0 bridgehead atoms. The van der Waals surface area contributed by atoms with Crippen LogP contribution in [0.2, 0.25) is 0 Å². The summed E-state index contributed by atoms with van der Waals surface area (Å²) in [7, 11) is 0. The zero-order valence-corrected chi connectivity index (χ0v) is 26.2. The molecule has 1 heteroatoms. The van der Waals surface area contributed by atoms with Crippen LogP contribution in [0.4, 0.5) is 0 Å². The van der Waals surface area contributed by atoms with Crippen LogP contribution in [0.3, 0.4) is 0 Å². The van der Waals surface area contributed by atoms with E-state index in [1.165, 1.54) is 50.5 Å². The molecule has 0 aromatic rings. The van der Waals surface area contributed by atoms with E-state index in [2.05, 4.69) is 80.2 Å². The maximum Gasteiger partial charge on any atom is 0.00380 e. The molecule has 206 valence electrons. The third-order valence-electron chi connectivity index (χ3n) is 11.1. The van der Waals surface area contributed by atoms with Crippen molar-refractivity contribution >= 4 is 12.6 Å². The fourth-order valence-corrected chi connectivity index (χ4v) is 10.0. The number of hydrogen-bond acceptors (Lipinski definition) is 1. The van der Waals surface area contributed by atoms with Crippen LogP contribution in [-0.4, -0.2) is 5.75 Å². The molecule has 1 fully saturated rings. The zero-order valence-electron chi connectivity index (χ0n) is 25.3. The number of rotatable bonds is 12. The molecule has 0 aliphatic heterocycles. The first-order valence-electron chi connectivity index (χ1n) is 15.7. The highest BCUT2D eigenvalue weighted by atomic mass is 32.1. The number of fused-ring (bicyclic) bond motifs is 4. The topological polar surface area (TPSA) is 0 Å². The molecule has 0 aromatic heterocycles. The second-order valence-corrected chi connectivity index (χ2v) is 13.7. The van der Waals surface area contributed by atoms with E-state index in [4.69, 9.17) is 12.6 Å². The SMILES string of the molecule is C=C(C)C(C1=CCC2C1C1C(C(C)C3CCC(C[C@@H](C)/C=C/C)=C3CC)=C(CCC)[C@H](C)C21)C(C)CS. The van der Waals surface area contributed by atoms with E-state index in [-0.39, 0.29) is 0 Å². The van der Waals surface area contributed by atoms with Crippen LogP contribution in [0.25, 0.3) is 0 Å². The lowest BCUT2D eigenvalue weighted by Gasteiger charge is -2.52. The van der Waals surface area contributed by atoms with Crippen molar-refractivity contribution in [1.82, 2.24) is 0 Å². The first kappa shape index (κ1) is 29.0. The van der Waals surface area contributed by atoms with Gasteiger partial charge >= 0.3 is 0 Å². The summed E-state index contributed by atoms with van der Waals surface area (Å²) in [5.74, 6) is 8.17. The third kappa shape index (κ3) is 5.05. The zero-order chi connectivity index (χ0) is 27.0. The molecule has 0 spiro atoms. The Morgan fingerprint density at radius 3 is 2.49 bits per heavy atom. The predicted molar refractivity (Wildman–Crippen MR) is 167 cm³/mol. The van der Waals surface area contributed by atoms with Crippen LogP contribution < -0.4 is 0 Å². The van der Waals surface area contributed by atoms with E-state index in [9.17, 15) is 0 Å². The van der Waals surface area contributed by atoms with Crippen LogP contribution in [0.5, 0.6) is 0 Å². The van der Waals surface area contributed by atoms with Gasteiger partial charge in [-0.05, 0) is 111 Å². The van der Waals surface area contributed by atoms with Crippen LogP contribution in [0.15, 0.2) is 58.2 Å². The Morgan fingerprint density at radius 1 is 1.16 bits per heavy atom. The predicted octanol–water partition coefficient (Wildman–Crippen LogP) is 10.7. The molecule has 1 saturated carbocycles. The minimum Gasteiger partial charge on any atom is -0.179 e. The molecule has 0 radical (unpaired) electrons. The number of allylic oxidation sites excluding steroid dienone is 9. The monoisotopic (exact) mass is 520 g/mol. The Bertz CT molecular complexity index is 973. The van der Waals surface area contributed by atoms with Gasteiger partial charge in [0.1, 0.15) is 0 Å². The molecule has 4 aliphatic rings. The van der Waals surface area contributed by atoms with E-state index in [0.717, 1.165) is 41.3 Å². The molecular formula is C36H56S. The Balaban J connectivity index is 1.68. The van der Waals surface area contributed by atoms with Gasteiger partial charge in [0.25, 0.3) is 0 Å². The summed E-state index contributed by atoms with van der Waals surface area (Å²) in [6, 6.07) is 0. The van der Waals surface area contributed by atoms with E-state index >= 15 is 0 Å².